The molecule has 3 aliphatic rings. The predicted molar refractivity (Wildman–Crippen MR) is 84.0 cm³/mol. The number of nitrogens with two attached hydrogens (primary N) is 1. The van der Waals surface area contributed by atoms with Gasteiger partial charge in [0, 0.05) is 25.0 Å². The molecule has 1 aliphatic heterocycles. The Balaban J connectivity index is 0.00000161. The van der Waals surface area contributed by atoms with E-state index in [1.807, 2.05) is 0 Å². The van der Waals surface area contributed by atoms with Gasteiger partial charge in [0.05, 0.1) is 11.5 Å². The molecular formula is C14H25ClN2O3S. The molecule has 2 N–H and O–H groups in total. The maximum Gasteiger partial charge on any atom is 0.225 e. The summed E-state index contributed by atoms with van der Waals surface area (Å²) in [6.07, 6.45) is 5.34. The zero-order valence-corrected chi connectivity index (χ0v) is 13.9. The second kappa shape index (κ2) is 6.42. The molecule has 5 nitrogen and oxygen atoms in total. The van der Waals surface area contributed by atoms with Gasteiger partial charge in [0.25, 0.3) is 0 Å². The van der Waals surface area contributed by atoms with Crippen molar-refractivity contribution in [3.63, 3.8) is 0 Å². The SMILES string of the molecule is Cl.NC1C2CCCC1CC(C(=O)N1CCS(=O)(=O)CC1)C2. The van der Waals surface area contributed by atoms with Crippen molar-refractivity contribution >= 4 is 28.2 Å². The molecule has 21 heavy (non-hydrogen) atoms. The van der Waals surface area contributed by atoms with Crippen LogP contribution in [0.4, 0.5) is 0 Å². The van der Waals surface area contributed by atoms with Crippen molar-refractivity contribution in [3.8, 4) is 0 Å². The Hall–Kier alpha value is -0.330. The summed E-state index contributed by atoms with van der Waals surface area (Å²) in [4.78, 5) is 14.4. The molecular weight excluding hydrogens is 312 g/mol. The lowest BCUT2D eigenvalue weighted by atomic mass is 9.65. The number of sulfone groups is 1. The summed E-state index contributed by atoms with van der Waals surface area (Å²) < 4.78 is 22.9. The highest BCUT2D eigenvalue weighted by molar-refractivity contribution is 7.91. The van der Waals surface area contributed by atoms with Crippen molar-refractivity contribution in [1.29, 1.82) is 0 Å². The lowest BCUT2D eigenvalue weighted by Gasteiger charge is -2.44. The number of hydrogen-bond acceptors (Lipinski definition) is 4. The zero-order chi connectivity index (χ0) is 14.3. The summed E-state index contributed by atoms with van der Waals surface area (Å²) in [5, 5.41) is 0. The maximum atomic E-state index is 12.6. The first-order valence-electron chi connectivity index (χ1n) is 7.71. The van der Waals surface area contributed by atoms with Crippen LogP contribution in [0.1, 0.15) is 32.1 Å². The topological polar surface area (TPSA) is 80.5 Å². The van der Waals surface area contributed by atoms with Crippen molar-refractivity contribution in [3.05, 3.63) is 0 Å². The van der Waals surface area contributed by atoms with E-state index < -0.39 is 9.84 Å². The average molecular weight is 337 g/mol. The fraction of sp³-hybridized carbons (Fsp3) is 0.929. The van der Waals surface area contributed by atoms with E-state index in [0.29, 0.717) is 24.9 Å². The number of nitrogens with zero attached hydrogens (tertiary/aromatic N) is 1. The Morgan fingerprint density at radius 3 is 2.10 bits per heavy atom. The van der Waals surface area contributed by atoms with Crippen LogP contribution in [0.3, 0.4) is 0 Å². The third-order valence-corrected chi connectivity index (χ3v) is 7.03. The second-order valence-corrected chi connectivity index (χ2v) is 8.98. The van der Waals surface area contributed by atoms with Gasteiger partial charge in [-0.1, -0.05) is 6.42 Å². The summed E-state index contributed by atoms with van der Waals surface area (Å²) >= 11 is 0. The number of halogens is 1. The van der Waals surface area contributed by atoms with Crippen LogP contribution in [0.25, 0.3) is 0 Å². The molecule has 3 rings (SSSR count). The van der Waals surface area contributed by atoms with Gasteiger partial charge in [-0.2, -0.15) is 0 Å². The monoisotopic (exact) mass is 336 g/mol. The van der Waals surface area contributed by atoms with Gasteiger partial charge < -0.3 is 10.6 Å². The number of carbonyl (C=O) groups excluding carboxylic acids is 1. The van der Waals surface area contributed by atoms with Gasteiger partial charge in [-0.3, -0.25) is 4.79 Å². The summed E-state index contributed by atoms with van der Waals surface area (Å²) in [6.45, 7) is 0.748. The van der Waals surface area contributed by atoms with Crippen LogP contribution in [0.2, 0.25) is 0 Å². The van der Waals surface area contributed by atoms with Crippen molar-refractivity contribution in [2.75, 3.05) is 24.6 Å². The van der Waals surface area contributed by atoms with E-state index in [2.05, 4.69) is 0 Å². The average Bonchev–Trinajstić information content (AvgIpc) is 2.37. The Kier molecular flexibility index (Phi) is 5.21. The molecule has 0 aromatic heterocycles. The molecule has 1 saturated heterocycles. The first-order chi connectivity index (χ1) is 9.46. The van der Waals surface area contributed by atoms with Crippen LogP contribution in [0, 0.1) is 17.8 Å². The molecule has 2 bridgehead atoms. The molecule has 7 heteroatoms. The molecule has 2 saturated carbocycles. The number of amides is 1. The molecule has 122 valence electrons. The standard InChI is InChI=1S/C14H24N2O3S.ClH/c15-13-10-2-1-3-11(13)9-12(8-10)14(17)16-4-6-20(18,19)7-5-16;/h10-13H,1-9,15H2;1H. The maximum absolute atomic E-state index is 12.6. The Morgan fingerprint density at radius 1 is 1.05 bits per heavy atom. The molecule has 0 spiro atoms. The van der Waals surface area contributed by atoms with Crippen molar-refractivity contribution in [2.24, 2.45) is 23.5 Å². The third kappa shape index (κ3) is 3.54. The van der Waals surface area contributed by atoms with E-state index in [4.69, 9.17) is 5.73 Å². The Labute approximate surface area is 133 Å². The number of hydrogen-bond donors (Lipinski definition) is 1. The number of carbonyl (C=O) groups is 1. The van der Waals surface area contributed by atoms with Gasteiger partial charge in [0.2, 0.25) is 5.91 Å². The van der Waals surface area contributed by atoms with Crippen molar-refractivity contribution in [1.82, 2.24) is 4.90 Å². The van der Waals surface area contributed by atoms with E-state index >= 15 is 0 Å². The van der Waals surface area contributed by atoms with Crippen LogP contribution in [-0.2, 0) is 14.6 Å². The first-order valence-corrected chi connectivity index (χ1v) is 9.53. The minimum Gasteiger partial charge on any atom is -0.340 e. The summed E-state index contributed by atoms with van der Waals surface area (Å²) in [6, 6.07) is 0.273. The van der Waals surface area contributed by atoms with Crippen molar-refractivity contribution in [2.45, 2.75) is 38.1 Å². The van der Waals surface area contributed by atoms with Gasteiger partial charge >= 0.3 is 0 Å². The highest BCUT2D eigenvalue weighted by Gasteiger charge is 2.42. The molecule has 0 aromatic carbocycles. The molecule has 0 aromatic rings. The highest BCUT2D eigenvalue weighted by atomic mass is 35.5. The third-order valence-electron chi connectivity index (χ3n) is 5.42. The van der Waals surface area contributed by atoms with Crippen LogP contribution in [0.5, 0.6) is 0 Å². The van der Waals surface area contributed by atoms with E-state index in [1.165, 1.54) is 6.42 Å². The smallest absolute Gasteiger partial charge is 0.225 e. The highest BCUT2D eigenvalue weighted by Crippen LogP contribution is 2.42. The van der Waals surface area contributed by atoms with E-state index in [1.54, 1.807) is 4.90 Å². The molecule has 2 unspecified atom stereocenters. The normalized spacial score (nSPS) is 38.4. The van der Waals surface area contributed by atoms with Crippen LogP contribution < -0.4 is 5.73 Å². The summed E-state index contributed by atoms with van der Waals surface area (Å²) in [5.41, 5.74) is 6.26. The van der Waals surface area contributed by atoms with Crippen LogP contribution in [0.15, 0.2) is 0 Å². The summed E-state index contributed by atoms with van der Waals surface area (Å²) in [7, 11) is -2.92. The molecule has 2 aliphatic carbocycles. The van der Waals surface area contributed by atoms with E-state index in [-0.39, 0.29) is 41.8 Å². The first kappa shape index (κ1) is 17.0. The molecule has 1 amide bonds. The van der Waals surface area contributed by atoms with Gasteiger partial charge in [0.15, 0.2) is 9.84 Å². The van der Waals surface area contributed by atoms with Gasteiger partial charge in [-0.15, -0.1) is 12.4 Å². The fourth-order valence-electron chi connectivity index (χ4n) is 4.18. The molecule has 0 radical (unpaired) electrons. The number of rotatable bonds is 1. The number of fused-ring (bicyclic) bond motifs is 2. The van der Waals surface area contributed by atoms with Crippen molar-refractivity contribution < 1.29 is 13.2 Å². The molecule has 1 heterocycles. The van der Waals surface area contributed by atoms with Crippen LogP contribution in [-0.4, -0.2) is 49.9 Å². The quantitative estimate of drug-likeness (QED) is 0.768. The lowest BCUT2D eigenvalue weighted by Crippen LogP contribution is -2.52. The molecule has 2 atom stereocenters. The largest absolute Gasteiger partial charge is 0.340 e. The predicted octanol–water partition coefficient (Wildman–Crippen LogP) is 0.819. The van der Waals surface area contributed by atoms with E-state index in [0.717, 1.165) is 25.7 Å². The Morgan fingerprint density at radius 2 is 1.57 bits per heavy atom. The molecule has 3 fully saturated rings. The van der Waals surface area contributed by atoms with E-state index in [9.17, 15) is 13.2 Å². The Bertz CT molecular complexity index is 468. The summed E-state index contributed by atoms with van der Waals surface area (Å²) in [5.74, 6) is 1.47. The minimum absolute atomic E-state index is 0. The second-order valence-electron chi connectivity index (χ2n) is 6.67. The lowest BCUT2D eigenvalue weighted by molar-refractivity contribution is -0.138. The fourth-order valence-corrected chi connectivity index (χ4v) is 5.38. The van der Waals surface area contributed by atoms with Crippen LogP contribution >= 0.6 is 12.4 Å². The zero-order valence-electron chi connectivity index (χ0n) is 12.2. The van der Waals surface area contributed by atoms with Gasteiger partial charge in [-0.05, 0) is 37.5 Å². The minimum atomic E-state index is -2.92. The van der Waals surface area contributed by atoms with Gasteiger partial charge in [-0.25, -0.2) is 8.42 Å². The van der Waals surface area contributed by atoms with Gasteiger partial charge in [0.1, 0.15) is 0 Å².